The van der Waals surface area contributed by atoms with E-state index in [1.54, 1.807) is 6.20 Å². The van der Waals surface area contributed by atoms with Gasteiger partial charge in [-0.05, 0) is 42.0 Å². The van der Waals surface area contributed by atoms with Crippen molar-refractivity contribution < 1.29 is 0 Å². The fraction of sp³-hybridized carbons (Fsp3) is 0.333. The number of hydrogen-bond acceptors (Lipinski definition) is 3. The summed E-state index contributed by atoms with van der Waals surface area (Å²) in [4.78, 5) is 0. The van der Waals surface area contributed by atoms with Gasteiger partial charge in [0.05, 0.1) is 5.69 Å². The summed E-state index contributed by atoms with van der Waals surface area (Å²) in [5, 5.41) is 11.4. The Bertz CT molecular complexity index is 506. The van der Waals surface area contributed by atoms with Gasteiger partial charge < -0.3 is 5.32 Å². The normalized spacial score (nSPS) is 14.7. The van der Waals surface area contributed by atoms with Gasteiger partial charge >= 0.3 is 0 Å². The minimum Gasteiger partial charge on any atom is -0.307 e. The highest BCUT2D eigenvalue weighted by atomic mass is 15.1. The standard InChI is InChI=1S/C15H17N3/c1-2-6-15(12-7-8-12)13(4-1)10-16-11-14-5-3-9-17-18-14/h1-6,9,12,16H,7-8,10-11H2. The van der Waals surface area contributed by atoms with Gasteiger partial charge in [-0.1, -0.05) is 24.3 Å². The lowest BCUT2D eigenvalue weighted by atomic mass is 10.0. The van der Waals surface area contributed by atoms with Gasteiger partial charge in [-0.15, -0.1) is 0 Å². The average molecular weight is 239 g/mol. The number of nitrogens with one attached hydrogen (secondary N) is 1. The van der Waals surface area contributed by atoms with Gasteiger partial charge in [-0.2, -0.15) is 10.2 Å². The number of aromatic nitrogens is 2. The molecule has 1 saturated carbocycles. The lowest BCUT2D eigenvalue weighted by Gasteiger charge is -2.09. The van der Waals surface area contributed by atoms with Crippen LogP contribution in [0.25, 0.3) is 0 Å². The Morgan fingerprint density at radius 1 is 1.06 bits per heavy atom. The van der Waals surface area contributed by atoms with Crippen molar-refractivity contribution in [1.29, 1.82) is 0 Å². The Balaban J connectivity index is 1.60. The number of hydrogen-bond donors (Lipinski definition) is 1. The molecule has 0 spiro atoms. The summed E-state index contributed by atoms with van der Waals surface area (Å²) >= 11 is 0. The Morgan fingerprint density at radius 2 is 1.94 bits per heavy atom. The smallest absolute Gasteiger partial charge is 0.0769 e. The summed E-state index contributed by atoms with van der Waals surface area (Å²) in [6, 6.07) is 12.6. The first kappa shape index (κ1) is 11.4. The summed E-state index contributed by atoms with van der Waals surface area (Å²) in [6.45, 7) is 1.68. The van der Waals surface area contributed by atoms with Crippen LogP contribution >= 0.6 is 0 Å². The lowest BCUT2D eigenvalue weighted by molar-refractivity contribution is 0.666. The van der Waals surface area contributed by atoms with Crippen LogP contribution in [0.2, 0.25) is 0 Å². The first-order valence-electron chi connectivity index (χ1n) is 6.48. The molecule has 3 rings (SSSR count). The van der Waals surface area contributed by atoms with Crippen LogP contribution in [0.1, 0.15) is 35.6 Å². The van der Waals surface area contributed by atoms with Crippen molar-refractivity contribution in [3.8, 4) is 0 Å². The highest BCUT2D eigenvalue weighted by Gasteiger charge is 2.25. The zero-order valence-electron chi connectivity index (χ0n) is 10.3. The third-order valence-corrected chi connectivity index (χ3v) is 3.32. The maximum absolute atomic E-state index is 4.07. The highest BCUT2D eigenvalue weighted by Crippen LogP contribution is 2.41. The van der Waals surface area contributed by atoms with Crippen molar-refractivity contribution in [1.82, 2.24) is 15.5 Å². The molecule has 3 nitrogen and oxygen atoms in total. The first-order chi connectivity index (χ1) is 8.93. The zero-order valence-corrected chi connectivity index (χ0v) is 10.3. The monoisotopic (exact) mass is 239 g/mol. The van der Waals surface area contributed by atoms with Gasteiger partial charge in [0.15, 0.2) is 0 Å². The topological polar surface area (TPSA) is 37.8 Å². The Kier molecular flexibility index (Phi) is 3.33. The Hall–Kier alpha value is -1.74. The van der Waals surface area contributed by atoms with Crippen LogP contribution in [0.3, 0.4) is 0 Å². The molecule has 0 radical (unpaired) electrons. The summed E-state index contributed by atoms with van der Waals surface area (Å²) in [5.41, 5.74) is 3.93. The van der Waals surface area contributed by atoms with Crippen LogP contribution in [0.15, 0.2) is 42.6 Å². The van der Waals surface area contributed by atoms with E-state index in [9.17, 15) is 0 Å². The number of rotatable bonds is 5. The van der Waals surface area contributed by atoms with E-state index in [2.05, 4.69) is 39.8 Å². The molecule has 2 aromatic rings. The molecule has 0 bridgehead atoms. The molecule has 1 aliphatic rings. The van der Waals surface area contributed by atoms with Gasteiger partial charge in [0, 0.05) is 19.3 Å². The first-order valence-corrected chi connectivity index (χ1v) is 6.48. The van der Waals surface area contributed by atoms with Crippen molar-refractivity contribution in [2.75, 3.05) is 0 Å². The van der Waals surface area contributed by atoms with E-state index in [-0.39, 0.29) is 0 Å². The summed E-state index contributed by atoms with van der Waals surface area (Å²) in [6.07, 6.45) is 4.40. The maximum Gasteiger partial charge on any atom is 0.0769 e. The number of benzene rings is 1. The predicted molar refractivity (Wildman–Crippen MR) is 71.0 cm³/mol. The molecule has 0 saturated heterocycles. The molecule has 1 aliphatic carbocycles. The van der Waals surface area contributed by atoms with E-state index >= 15 is 0 Å². The molecule has 1 N–H and O–H groups in total. The van der Waals surface area contributed by atoms with E-state index in [1.165, 1.54) is 24.0 Å². The lowest BCUT2D eigenvalue weighted by Crippen LogP contribution is -2.15. The third-order valence-electron chi connectivity index (χ3n) is 3.32. The molecule has 1 fully saturated rings. The van der Waals surface area contributed by atoms with Crippen LogP contribution in [-0.2, 0) is 13.1 Å². The average Bonchev–Trinajstić information content (AvgIpc) is 3.25. The van der Waals surface area contributed by atoms with Crippen molar-refractivity contribution in [2.24, 2.45) is 0 Å². The molecule has 18 heavy (non-hydrogen) atoms. The summed E-state index contributed by atoms with van der Waals surface area (Å²) in [5.74, 6) is 0.805. The molecule has 0 unspecified atom stereocenters. The molecule has 0 amide bonds. The van der Waals surface area contributed by atoms with E-state index in [1.807, 2.05) is 12.1 Å². The van der Waals surface area contributed by atoms with E-state index in [4.69, 9.17) is 0 Å². The summed E-state index contributed by atoms with van der Waals surface area (Å²) < 4.78 is 0. The van der Waals surface area contributed by atoms with Gasteiger partial charge in [0.1, 0.15) is 0 Å². The van der Waals surface area contributed by atoms with Crippen molar-refractivity contribution in [3.05, 3.63) is 59.4 Å². The molecule has 0 atom stereocenters. The van der Waals surface area contributed by atoms with Gasteiger partial charge in [0.2, 0.25) is 0 Å². The predicted octanol–water partition coefficient (Wildman–Crippen LogP) is 2.64. The molecule has 1 heterocycles. The van der Waals surface area contributed by atoms with Gasteiger partial charge in [0.25, 0.3) is 0 Å². The molecular weight excluding hydrogens is 222 g/mol. The van der Waals surface area contributed by atoms with E-state index < -0.39 is 0 Å². The Labute approximate surface area is 107 Å². The van der Waals surface area contributed by atoms with Gasteiger partial charge in [-0.25, -0.2) is 0 Å². The molecular formula is C15H17N3. The van der Waals surface area contributed by atoms with Crippen molar-refractivity contribution >= 4 is 0 Å². The van der Waals surface area contributed by atoms with Crippen molar-refractivity contribution in [2.45, 2.75) is 31.8 Å². The zero-order chi connectivity index (χ0) is 12.2. The fourth-order valence-corrected chi connectivity index (χ4v) is 2.24. The van der Waals surface area contributed by atoms with Crippen LogP contribution < -0.4 is 5.32 Å². The third kappa shape index (κ3) is 2.74. The molecule has 1 aromatic carbocycles. The highest BCUT2D eigenvalue weighted by molar-refractivity contribution is 5.33. The van der Waals surface area contributed by atoms with E-state index in [0.29, 0.717) is 0 Å². The quantitative estimate of drug-likeness (QED) is 0.871. The number of nitrogens with zero attached hydrogens (tertiary/aromatic N) is 2. The fourth-order valence-electron chi connectivity index (χ4n) is 2.24. The van der Waals surface area contributed by atoms with Gasteiger partial charge in [-0.3, -0.25) is 0 Å². The van der Waals surface area contributed by atoms with Crippen molar-refractivity contribution in [3.63, 3.8) is 0 Å². The van der Waals surface area contributed by atoms with Crippen LogP contribution in [0.4, 0.5) is 0 Å². The maximum atomic E-state index is 4.07. The van der Waals surface area contributed by atoms with Crippen LogP contribution in [0, 0.1) is 0 Å². The SMILES string of the molecule is c1cnnc(CNCc2ccccc2C2CC2)c1. The Morgan fingerprint density at radius 3 is 2.72 bits per heavy atom. The van der Waals surface area contributed by atoms with Crippen LogP contribution in [-0.4, -0.2) is 10.2 Å². The van der Waals surface area contributed by atoms with E-state index in [0.717, 1.165) is 24.7 Å². The molecule has 92 valence electrons. The molecule has 0 aliphatic heterocycles. The minimum atomic E-state index is 0.771. The second kappa shape index (κ2) is 5.27. The molecule has 1 aromatic heterocycles. The summed E-state index contributed by atoms with van der Waals surface area (Å²) in [7, 11) is 0. The second-order valence-electron chi connectivity index (χ2n) is 4.79. The largest absolute Gasteiger partial charge is 0.307 e. The second-order valence-corrected chi connectivity index (χ2v) is 4.79. The minimum absolute atomic E-state index is 0.771. The molecule has 3 heteroatoms. The van der Waals surface area contributed by atoms with Crippen LogP contribution in [0.5, 0.6) is 0 Å².